The molecule has 6 nitrogen and oxygen atoms in total. The van der Waals surface area contributed by atoms with Crippen molar-refractivity contribution in [3.8, 4) is 0 Å². The zero-order chi connectivity index (χ0) is 19.5. The van der Waals surface area contributed by atoms with Gasteiger partial charge in [0.15, 0.2) is 0 Å². The van der Waals surface area contributed by atoms with Crippen LogP contribution in [-0.2, 0) is 14.3 Å². The molecule has 0 bridgehead atoms. The highest BCUT2D eigenvalue weighted by molar-refractivity contribution is 7.18. The van der Waals surface area contributed by atoms with Gasteiger partial charge in [-0.15, -0.1) is 11.3 Å². The van der Waals surface area contributed by atoms with Crippen molar-refractivity contribution >= 4 is 34.2 Å². The highest BCUT2D eigenvalue weighted by atomic mass is 32.1. The quantitative estimate of drug-likeness (QED) is 0.768. The Hall–Kier alpha value is -1.89. The predicted octanol–water partition coefficient (Wildman–Crippen LogP) is 4.32. The normalized spacial score (nSPS) is 15.0. The fraction of sp³-hybridized carbons (Fsp3) is 0.632. The maximum absolute atomic E-state index is 12.5. The molecule has 1 aromatic rings. The molecule has 0 atom stereocenters. The summed E-state index contributed by atoms with van der Waals surface area (Å²) < 4.78 is 10.5. The molecule has 2 rings (SSSR count). The van der Waals surface area contributed by atoms with Crippen molar-refractivity contribution in [3.05, 3.63) is 16.0 Å². The largest absolute Gasteiger partial charge is 0.462 e. The molecular formula is C19H27NO5S. The van der Waals surface area contributed by atoms with Crippen LogP contribution in [0.25, 0.3) is 0 Å². The fourth-order valence-corrected chi connectivity index (χ4v) is 4.05. The molecule has 7 heteroatoms. The third kappa shape index (κ3) is 4.84. The summed E-state index contributed by atoms with van der Waals surface area (Å²) >= 11 is 1.07. The lowest BCUT2D eigenvalue weighted by atomic mass is 10.1. The maximum Gasteiger partial charge on any atom is 0.349 e. The van der Waals surface area contributed by atoms with E-state index in [4.69, 9.17) is 9.47 Å². The van der Waals surface area contributed by atoms with Gasteiger partial charge in [-0.05, 0) is 53.0 Å². The lowest BCUT2D eigenvalue weighted by molar-refractivity contribution is -0.119. The van der Waals surface area contributed by atoms with Gasteiger partial charge in [-0.25, -0.2) is 9.59 Å². The predicted molar refractivity (Wildman–Crippen MR) is 101 cm³/mol. The molecule has 1 saturated carbocycles. The number of nitrogens with one attached hydrogen (secondary N) is 1. The van der Waals surface area contributed by atoms with E-state index in [0.717, 1.165) is 37.0 Å². The molecule has 0 aliphatic heterocycles. The topological polar surface area (TPSA) is 81.7 Å². The summed E-state index contributed by atoms with van der Waals surface area (Å²) in [5.41, 5.74) is 0.0682. The van der Waals surface area contributed by atoms with E-state index >= 15 is 0 Å². The molecule has 1 fully saturated rings. The van der Waals surface area contributed by atoms with Crippen LogP contribution in [-0.4, -0.2) is 30.1 Å². The minimum absolute atomic E-state index is 0.0440. The molecule has 1 aliphatic carbocycles. The van der Waals surface area contributed by atoms with E-state index in [1.807, 2.05) is 0 Å². The summed E-state index contributed by atoms with van der Waals surface area (Å²) in [6.07, 6.45) is 3.78. The molecule has 0 saturated heterocycles. The second kappa shape index (κ2) is 8.20. The molecule has 144 valence electrons. The van der Waals surface area contributed by atoms with Gasteiger partial charge in [-0.2, -0.15) is 0 Å². The Kier molecular flexibility index (Phi) is 6.44. The Morgan fingerprint density at radius 1 is 1.15 bits per heavy atom. The van der Waals surface area contributed by atoms with Gasteiger partial charge in [0.1, 0.15) is 15.5 Å². The third-order valence-corrected chi connectivity index (χ3v) is 5.36. The van der Waals surface area contributed by atoms with Crippen molar-refractivity contribution in [1.29, 1.82) is 0 Å². The van der Waals surface area contributed by atoms with E-state index in [1.54, 1.807) is 34.6 Å². The molecule has 1 amide bonds. The first-order valence-electron chi connectivity index (χ1n) is 8.98. The Bertz CT molecular complexity index is 696. The molecule has 1 aliphatic rings. The van der Waals surface area contributed by atoms with Gasteiger partial charge in [0.2, 0.25) is 5.91 Å². The molecule has 0 radical (unpaired) electrons. The van der Waals surface area contributed by atoms with E-state index in [1.165, 1.54) is 0 Å². The SMILES string of the molecule is CCOC(=O)c1c(NC(=O)C2CCCC2)sc(C(=O)OC(C)(C)C)c1C. The first-order valence-corrected chi connectivity index (χ1v) is 9.80. The number of amides is 1. The number of anilines is 1. The molecule has 0 unspecified atom stereocenters. The molecule has 0 spiro atoms. The third-order valence-electron chi connectivity index (χ3n) is 4.17. The standard InChI is InChI=1S/C19H27NO5S/c1-6-24-17(22)13-11(2)14(18(23)25-19(3,4)5)26-16(13)20-15(21)12-9-7-8-10-12/h12H,6-10H2,1-5H3,(H,20,21). The van der Waals surface area contributed by atoms with Gasteiger partial charge in [0.05, 0.1) is 12.2 Å². The van der Waals surface area contributed by atoms with Crippen LogP contribution in [0.1, 0.15) is 79.0 Å². The minimum atomic E-state index is -0.648. The number of carbonyl (C=O) groups is 3. The molecular weight excluding hydrogens is 354 g/mol. The van der Waals surface area contributed by atoms with Crippen LogP contribution < -0.4 is 5.32 Å². The van der Waals surface area contributed by atoms with Gasteiger partial charge in [0, 0.05) is 5.92 Å². The van der Waals surface area contributed by atoms with Crippen LogP contribution in [0.2, 0.25) is 0 Å². The lowest BCUT2D eigenvalue weighted by Crippen LogP contribution is -2.23. The monoisotopic (exact) mass is 381 g/mol. The number of rotatable bonds is 5. The highest BCUT2D eigenvalue weighted by Gasteiger charge is 2.31. The van der Waals surface area contributed by atoms with Gasteiger partial charge in [0.25, 0.3) is 0 Å². The van der Waals surface area contributed by atoms with Gasteiger partial charge in [-0.3, -0.25) is 4.79 Å². The smallest absolute Gasteiger partial charge is 0.349 e. The molecule has 1 N–H and O–H groups in total. The van der Waals surface area contributed by atoms with Crippen molar-refractivity contribution in [3.63, 3.8) is 0 Å². The molecule has 26 heavy (non-hydrogen) atoms. The number of ether oxygens (including phenoxy) is 2. The fourth-order valence-electron chi connectivity index (χ4n) is 2.97. The number of esters is 2. The number of thiophene rings is 1. The van der Waals surface area contributed by atoms with Crippen LogP contribution in [0.5, 0.6) is 0 Å². The van der Waals surface area contributed by atoms with Crippen LogP contribution in [0.3, 0.4) is 0 Å². The summed E-state index contributed by atoms with van der Waals surface area (Å²) in [6, 6.07) is 0. The van der Waals surface area contributed by atoms with Crippen molar-refractivity contribution in [2.45, 2.75) is 65.9 Å². The number of hydrogen-bond donors (Lipinski definition) is 1. The number of carbonyl (C=O) groups excluding carboxylic acids is 3. The summed E-state index contributed by atoms with van der Waals surface area (Å²) in [5, 5.41) is 3.20. The van der Waals surface area contributed by atoms with Crippen LogP contribution in [0, 0.1) is 12.8 Å². The van der Waals surface area contributed by atoms with Crippen molar-refractivity contribution in [2.24, 2.45) is 5.92 Å². The summed E-state index contributed by atoms with van der Waals surface area (Å²) in [7, 11) is 0. The zero-order valence-corrected chi connectivity index (χ0v) is 16.9. The van der Waals surface area contributed by atoms with E-state index in [9.17, 15) is 14.4 Å². The van der Waals surface area contributed by atoms with E-state index in [0.29, 0.717) is 15.4 Å². The first-order chi connectivity index (χ1) is 12.1. The Balaban J connectivity index is 2.34. The Labute approximate surface area is 158 Å². The maximum atomic E-state index is 12.5. The van der Waals surface area contributed by atoms with Gasteiger partial charge >= 0.3 is 11.9 Å². The average Bonchev–Trinajstić information content (AvgIpc) is 3.14. The second-order valence-corrected chi connectivity index (χ2v) is 8.47. The van der Waals surface area contributed by atoms with Crippen LogP contribution in [0.15, 0.2) is 0 Å². The molecule has 0 aromatic carbocycles. The van der Waals surface area contributed by atoms with Crippen molar-refractivity contribution in [2.75, 3.05) is 11.9 Å². The Morgan fingerprint density at radius 2 is 1.77 bits per heavy atom. The average molecular weight is 381 g/mol. The van der Waals surface area contributed by atoms with Crippen molar-refractivity contribution in [1.82, 2.24) is 0 Å². The highest BCUT2D eigenvalue weighted by Crippen LogP contribution is 2.36. The molecule has 1 heterocycles. The second-order valence-electron chi connectivity index (χ2n) is 7.45. The Morgan fingerprint density at radius 3 is 2.31 bits per heavy atom. The van der Waals surface area contributed by atoms with E-state index in [2.05, 4.69) is 5.32 Å². The molecule has 1 aromatic heterocycles. The van der Waals surface area contributed by atoms with Gasteiger partial charge < -0.3 is 14.8 Å². The summed E-state index contributed by atoms with van der Waals surface area (Å²) in [5.74, 6) is -1.20. The van der Waals surface area contributed by atoms with E-state index < -0.39 is 17.5 Å². The van der Waals surface area contributed by atoms with Crippen LogP contribution in [0.4, 0.5) is 5.00 Å². The minimum Gasteiger partial charge on any atom is -0.462 e. The van der Waals surface area contributed by atoms with E-state index in [-0.39, 0.29) is 24.0 Å². The van der Waals surface area contributed by atoms with Crippen LogP contribution >= 0.6 is 11.3 Å². The lowest BCUT2D eigenvalue weighted by Gasteiger charge is -2.19. The van der Waals surface area contributed by atoms with Crippen molar-refractivity contribution < 1.29 is 23.9 Å². The van der Waals surface area contributed by atoms with Gasteiger partial charge in [-0.1, -0.05) is 12.8 Å². The summed E-state index contributed by atoms with van der Waals surface area (Å²) in [4.78, 5) is 37.7. The first kappa shape index (κ1) is 20.4. The number of hydrogen-bond acceptors (Lipinski definition) is 6. The zero-order valence-electron chi connectivity index (χ0n) is 16.1. The summed E-state index contributed by atoms with van der Waals surface area (Å²) in [6.45, 7) is 8.94.